The minimum atomic E-state index is -4.20. The average molecular weight is 376 g/mol. The van der Waals surface area contributed by atoms with Gasteiger partial charge in [0.1, 0.15) is 11.9 Å². The molecule has 0 aliphatic carbocycles. The van der Waals surface area contributed by atoms with Crippen LogP contribution in [0.3, 0.4) is 0 Å². The van der Waals surface area contributed by atoms with E-state index in [0.29, 0.717) is 23.0 Å². The van der Waals surface area contributed by atoms with Gasteiger partial charge < -0.3 is 10.2 Å². The van der Waals surface area contributed by atoms with Crippen molar-refractivity contribution >= 4 is 11.8 Å². The van der Waals surface area contributed by atoms with Crippen molar-refractivity contribution in [2.45, 2.75) is 37.9 Å². The van der Waals surface area contributed by atoms with Gasteiger partial charge in [0, 0.05) is 43.6 Å². The first kappa shape index (κ1) is 18.9. The summed E-state index contributed by atoms with van der Waals surface area (Å²) in [4.78, 5) is 14.7. The van der Waals surface area contributed by atoms with E-state index in [2.05, 4.69) is 31.2 Å². The summed E-state index contributed by atoms with van der Waals surface area (Å²) < 4.78 is 37.1. The molecule has 0 unspecified atom stereocenters. The van der Waals surface area contributed by atoms with Crippen molar-refractivity contribution in [1.29, 1.82) is 5.26 Å². The summed E-state index contributed by atoms with van der Waals surface area (Å²) in [6, 6.07) is 7.25. The Hall–Kier alpha value is -2.89. The third-order valence-corrected chi connectivity index (χ3v) is 4.41. The molecule has 3 heterocycles. The van der Waals surface area contributed by atoms with Gasteiger partial charge in [0.05, 0.1) is 5.56 Å². The van der Waals surface area contributed by atoms with Crippen molar-refractivity contribution in [3.8, 4) is 6.07 Å². The highest BCUT2D eigenvalue weighted by molar-refractivity contribution is 5.53. The first-order valence-electron chi connectivity index (χ1n) is 8.70. The molecule has 1 fully saturated rings. The Morgan fingerprint density at radius 3 is 2.67 bits per heavy atom. The number of halogens is 3. The number of aryl methyl sites for hydroxylation is 1. The van der Waals surface area contributed by atoms with Crippen LogP contribution in [0.25, 0.3) is 0 Å². The van der Waals surface area contributed by atoms with E-state index in [9.17, 15) is 18.4 Å². The number of nitrogens with zero attached hydrogens (tertiary/aromatic N) is 5. The van der Waals surface area contributed by atoms with Gasteiger partial charge in [0.2, 0.25) is 5.95 Å². The Labute approximate surface area is 155 Å². The monoisotopic (exact) mass is 376 g/mol. The number of anilines is 2. The van der Waals surface area contributed by atoms with Gasteiger partial charge in [-0.1, -0.05) is 0 Å². The molecular formula is C18H19F3N6. The average Bonchev–Trinajstić information content (AvgIpc) is 2.67. The minimum absolute atomic E-state index is 0.119. The molecule has 0 atom stereocenters. The maximum absolute atomic E-state index is 12.4. The van der Waals surface area contributed by atoms with E-state index >= 15 is 0 Å². The number of hydrogen-bond donors (Lipinski definition) is 1. The fraction of sp³-hybridized carbons (Fsp3) is 0.444. The molecule has 0 spiro atoms. The van der Waals surface area contributed by atoms with Crippen LogP contribution in [0.2, 0.25) is 0 Å². The van der Waals surface area contributed by atoms with E-state index in [1.54, 1.807) is 18.3 Å². The SMILES string of the molecule is N#Cc1cccnc1N1CCC(Nc2nccc(CCC(F)(F)F)n2)CC1. The highest BCUT2D eigenvalue weighted by atomic mass is 19.4. The molecule has 1 saturated heterocycles. The molecule has 0 bridgehead atoms. The van der Waals surface area contributed by atoms with Crippen molar-refractivity contribution in [2.24, 2.45) is 0 Å². The molecule has 2 aromatic rings. The van der Waals surface area contributed by atoms with Crippen LogP contribution in [0.15, 0.2) is 30.6 Å². The zero-order valence-corrected chi connectivity index (χ0v) is 14.6. The highest BCUT2D eigenvalue weighted by Crippen LogP contribution is 2.23. The predicted octanol–water partition coefficient (Wildman–Crippen LogP) is 3.32. The molecule has 1 aliphatic rings. The summed E-state index contributed by atoms with van der Waals surface area (Å²) in [6.07, 6.45) is -0.527. The number of hydrogen-bond acceptors (Lipinski definition) is 6. The molecule has 0 amide bonds. The van der Waals surface area contributed by atoms with E-state index in [0.717, 1.165) is 25.9 Å². The van der Waals surface area contributed by atoms with Gasteiger partial charge in [-0.15, -0.1) is 0 Å². The first-order chi connectivity index (χ1) is 12.9. The summed E-state index contributed by atoms with van der Waals surface area (Å²) in [5.41, 5.74) is 0.916. The molecule has 0 radical (unpaired) electrons. The van der Waals surface area contributed by atoms with Crippen molar-refractivity contribution < 1.29 is 13.2 Å². The van der Waals surface area contributed by atoms with E-state index < -0.39 is 12.6 Å². The van der Waals surface area contributed by atoms with Crippen LogP contribution in [0.5, 0.6) is 0 Å². The van der Waals surface area contributed by atoms with Crippen molar-refractivity contribution in [1.82, 2.24) is 15.0 Å². The molecular weight excluding hydrogens is 357 g/mol. The van der Waals surface area contributed by atoms with Crippen LogP contribution >= 0.6 is 0 Å². The van der Waals surface area contributed by atoms with Crippen LogP contribution in [0, 0.1) is 11.3 Å². The number of aromatic nitrogens is 3. The number of pyridine rings is 1. The largest absolute Gasteiger partial charge is 0.389 e. The molecule has 1 aliphatic heterocycles. The summed E-state index contributed by atoms with van der Waals surface area (Å²) in [6.45, 7) is 1.44. The van der Waals surface area contributed by atoms with Crippen LogP contribution in [0.1, 0.15) is 30.5 Å². The maximum atomic E-state index is 12.4. The van der Waals surface area contributed by atoms with E-state index in [-0.39, 0.29) is 12.5 Å². The fourth-order valence-corrected chi connectivity index (χ4v) is 3.03. The van der Waals surface area contributed by atoms with Crippen molar-refractivity contribution in [3.05, 3.63) is 41.9 Å². The summed E-state index contributed by atoms with van der Waals surface area (Å²) in [5, 5.41) is 12.4. The number of nitrogens with one attached hydrogen (secondary N) is 1. The van der Waals surface area contributed by atoms with Crippen molar-refractivity contribution in [3.63, 3.8) is 0 Å². The van der Waals surface area contributed by atoms with E-state index in [1.807, 2.05) is 0 Å². The van der Waals surface area contributed by atoms with Gasteiger partial charge >= 0.3 is 6.18 Å². The molecule has 142 valence electrons. The van der Waals surface area contributed by atoms with Gasteiger partial charge in [-0.2, -0.15) is 18.4 Å². The van der Waals surface area contributed by atoms with Crippen LogP contribution in [-0.2, 0) is 6.42 Å². The smallest absolute Gasteiger partial charge is 0.355 e. The molecule has 3 rings (SSSR count). The van der Waals surface area contributed by atoms with Gasteiger partial charge in [-0.05, 0) is 37.5 Å². The van der Waals surface area contributed by atoms with Crippen LogP contribution < -0.4 is 10.2 Å². The zero-order chi connectivity index (χ0) is 19.3. The summed E-state index contributed by atoms with van der Waals surface area (Å²) in [5.74, 6) is 1.03. The van der Waals surface area contributed by atoms with Gasteiger partial charge in [-0.25, -0.2) is 15.0 Å². The zero-order valence-electron chi connectivity index (χ0n) is 14.6. The van der Waals surface area contributed by atoms with E-state index in [1.165, 1.54) is 12.3 Å². The van der Waals surface area contributed by atoms with Crippen molar-refractivity contribution in [2.75, 3.05) is 23.3 Å². The van der Waals surface area contributed by atoms with Gasteiger partial charge in [-0.3, -0.25) is 0 Å². The normalized spacial score (nSPS) is 15.4. The second kappa shape index (κ2) is 8.20. The molecule has 2 aromatic heterocycles. The molecule has 0 aromatic carbocycles. The Morgan fingerprint density at radius 1 is 1.19 bits per heavy atom. The summed E-state index contributed by atoms with van der Waals surface area (Å²) in [7, 11) is 0. The second-order valence-corrected chi connectivity index (χ2v) is 6.38. The fourth-order valence-electron chi connectivity index (χ4n) is 3.03. The van der Waals surface area contributed by atoms with Gasteiger partial charge in [0.15, 0.2) is 0 Å². The predicted molar refractivity (Wildman–Crippen MR) is 94.2 cm³/mol. The Morgan fingerprint density at radius 2 is 1.96 bits per heavy atom. The first-order valence-corrected chi connectivity index (χ1v) is 8.70. The third kappa shape index (κ3) is 5.29. The molecule has 0 saturated carbocycles. The lowest BCUT2D eigenvalue weighted by Crippen LogP contribution is -2.40. The van der Waals surface area contributed by atoms with E-state index in [4.69, 9.17) is 0 Å². The molecule has 6 nitrogen and oxygen atoms in total. The molecule has 1 N–H and O–H groups in total. The lowest BCUT2D eigenvalue weighted by molar-refractivity contribution is -0.134. The maximum Gasteiger partial charge on any atom is 0.389 e. The molecule has 9 heteroatoms. The van der Waals surface area contributed by atoms with Crippen LogP contribution in [0.4, 0.5) is 24.9 Å². The highest BCUT2D eigenvalue weighted by Gasteiger charge is 2.27. The number of alkyl halides is 3. The Bertz CT molecular complexity index is 809. The summed E-state index contributed by atoms with van der Waals surface area (Å²) >= 11 is 0. The number of nitriles is 1. The number of rotatable bonds is 5. The number of piperidine rings is 1. The topological polar surface area (TPSA) is 77.7 Å². The van der Waals surface area contributed by atoms with Crippen LogP contribution in [-0.4, -0.2) is 40.3 Å². The Balaban J connectivity index is 1.56. The van der Waals surface area contributed by atoms with Gasteiger partial charge in [0.25, 0.3) is 0 Å². The lowest BCUT2D eigenvalue weighted by atomic mass is 10.0. The lowest BCUT2D eigenvalue weighted by Gasteiger charge is -2.33. The standard InChI is InChI=1S/C18H19F3N6/c19-18(20,21)7-3-14-4-9-24-17(25-14)26-15-5-10-27(11-6-15)16-13(12-22)2-1-8-23-16/h1-2,4,8-9,15H,3,5-7,10-11H2,(H,24,25,26). The Kier molecular flexibility index (Phi) is 5.74. The second-order valence-electron chi connectivity index (χ2n) is 6.38. The quantitative estimate of drug-likeness (QED) is 0.863. The third-order valence-electron chi connectivity index (χ3n) is 4.41. The minimum Gasteiger partial charge on any atom is -0.355 e. The molecule has 27 heavy (non-hydrogen) atoms.